The van der Waals surface area contributed by atoms with Crippen LogP contribution in [0.2, 0.25) is 0 Å². The topological polar surface area (TPSA) is 54.4 Å². The molecule has 166 valence electrons. The van der Waals surface area contributed by atoms with Crippen molar-refractivity contribution < 1.29 is 4.79 Å². The van der Waals surface area contributed by atoms with Crippen molar-refractivity contribution in [1.29, 1.82) is 0 Å². The van der Waals surface area contributed by atoms with E-state index < -0.39 is 0 Å². The molecule has 0 aliphatic carbocycles. The van der Waals surface area contributed by atoms with Gasteiger partial charge in [0, 0.05) is 84.6 Å². The lowest BCUT2D eigenvalue weighted by Crippen LogP contribution is -2.53. The second kappa shape index (κ2) is 11.2. The molecule has 0 saturated carbocycles. The van der Waals surface area contributed by atoms with Crippen LogP contribution in [0.15, 0.2) is 29.3 Å². The molecule has 7 nitrogen and oxygen atoms in total. The maximum atomic E-state index is 11.5. The Balaban J connectivity index is 1.39. The summed E-state index contributed by atoms with van der Waals surface area (Å²) in [6.45, 7) is 16.4. The second-order valence-electron chi connectivity index (χ2n) is 8.25. The average Bonchev–Trinajstić information content (AvgIpc) is 2.76. The number of benzene rings is 1. The normalized spacial score (nSPS) is 18.6. The Hall–Kier alpha value is -2.28. The van der Waals surface area contributed by atoms with Gasteiger partial charge in [0.15, 0.2) is 5.96 Å². The zero-order chi connectivity index (χ0) is 21.3. The first-order chi connectivity index (χ1) is 14.6. The average molecular weight is 415 g/mol. The fraction of sp³-hybridized carbons (Fsp3) is 0.652. The second-order valence-corrected chi connectivity index (χ2v) is 8.25. The number of anilines is 1. The van der Waals surface area contributed by atoms with Gasteiger partial charge in [-0.2, -0.15) is 0 Å². The Morgan fingerprint density at radius 1 is 1.03 bits per heavy atom. The number of carbonyl (C=O) groups is 1. The van der Waals surface area contributed by atoms with Crippen molar-refractivity contribution in [3.8, 4) is 0 Å². The molecular formula is C23H38N6O. The molecular weight excluding hydrogens is 376 g/mol. The quantitative estimate of drug-likeness (QED) is 0.436. The van der Waals surface area contributed by atoms with Crippen molar-refractivity contribution in [2.75, 3.05) is 76.9 Å². The lowest BCUT2D eigenvalue weighted by Gasteiger charge is -2.36. The predicted octanol–water partition coefficient (Wildman–Crippen LogP) is 1.64. The van der Waals surface area contributed by atoms with E-state index in [4.69, 9.17) is 4.99 Å². The summed E-state index contributed by atoms with van der Waals surface area (Å²) in [5, 5.41) is 3.42. The van der Waals surface area contributed by atoms with E-state index in [-0.39, 0.29) is 5.91 Å². The van der Waals surface area contributed by atoms with Gasteiger partial charge >= 0.3 is 0 Å². The number of hydrogen-bond donors (Lipinski definition) is 1. The van der Waals surface area contributed by atoms with Gasteiger partial charge in [0.05, 0.1) is 0 Å². The number of nitrogens with zero attached hydrogens (tertiary/aromatic N) is 5. The predicted molar refractivity (Wildman–Crippen MR) is 124 cm³/mol. The van der Waals surface area contributed by atoms with Gasteiger partial charge in [0.1, 0.15) is 0 Å². The number of nitrogens with one attached hydrogen (secondary N) is 1. The molecule has 2 saturated heterocycles. The molecule has 0 unspecified atom stereocenters. The van der Waals surface area contributed by atoms with Crippen LogP contribution in [0.25, 0.3) is 0 Å². The smallest absolute Gasteiger partial charge is 0.219 e. The number of aryl methyl sites for hydroxylation is 1. The van der Waals surface area contributed by atoms with Crippen LogP contribution >= 0.6 is 0 Å². The van der Waals surface area contributed by atoms with Crippen LogP contribution in [-0.2, 0) is 4.79 Å². The Morgan fingerprint density at radius 3 is 2.37 bits per heavy atom. The Bertz CT molecular complexity index is 705. The van der Waals surface area contributed by atoms with Crippen molar-refractivity contribution >= 4 is 17.6 Å². The minimum atomic E-state index is 0.166. The highest BCUT2D eigenvalue weighted by molar-refractivity contribution is 5.80. The molecule has 1 amide bonds. The van der Waals surface area contributed by atoms with E-state index in [2.05, 4.69) is 58.1 Å². The third kappa shape index (κ3) is 6.36. The third-order valence-electron chi connectivity index (χ3n) is 5.99. The van der Waals surface area contributed by atoms with Gasteiger partial charge in [-0.15, -0.1) is 0 Å². The molecule has 2 fully saturated rings. The van der Waals surface area contributed by atoms with E-state index in [1.54, 1.807) is 6.92 Å². The summed E-state index contributed by atoms with van der Waals surface area (Å²) in [5.41, 5.74) is 2.67. The summed E-state index contributed by atoms with van der Waals surface area (Å²) in [6.07, 6.45) is 1.08. The van der Waals surface area contributed by atoms with Crippen LogP contribution in [0, 0.1) is 6.92 Å². The number of guanidine groups is 1. The number of amides is 1. The lowest BCUT2D eigenvalue weighted by molar-refractivity contribution is -0.130. The molecule has 30 heavy (non-hydrogen) atoms. The maximum absolute atomic E-state index is 11.5. The number of rotatable bonds is 6. The molecule has 2 aliphatic heterocycles. The summed E-state index contributed by atoms with van der Waals surface area (Å²) in [7, 11) is 0. The summed E-state index contributed by atoms with van der Waals surface area (Å²) >= 11 is 0. The highest BCUT2D eigenvalue weighted by atomic mass is 16.2. The maximum Gasteiger partial charge on any atom is 0.219 e. The van der Waals surface area contributed by atoms with E-state index in [0.29, 0.717) is 0 Å². The zero-order valence-corrected chi connectivity index (χ0v) is 18.9. The van der Waals surface area contributed by atoms with Crippen LogP contribution in [0.4, 0.5) is 5.69 Å². The Labute approximate surface area is 181 Å². The first-order valence-corrected chi connectivity index (χ1v) is 11.4. The number of aliphatic imine (C=N–C) groups is 1. The van der Waals surface area contributed by atoms with Crippen molar-refractivity contribution in [3.05, 3.63) is 29.8 Å². The van der Waals surface area contributed by atoms with Gasteiger partial charge in [-0.1, -0.05) is 12.1 Å². The standard InChI is InChI=1S/C23H38N6O/c1-4-24-23(29-17-15-27(16-18-29)21(3)30)25-9-6-10-26-11-13-28(14-12-26)22-8-5-7-20(2)19-22/h5,7-8,19H,4,6,9-18H2,1-3H3,(H,24,25). The molecule has 0 radical (unpaired) electrons. The molecule has 0 bridgehead atoms. The van der Waals surface area contributed by atoms with Gasteiger partial charge < -0.3 is 20.0 Å². The Morgan fingerprint density at radius 2 is 1.73 bits per heavy atom. The van der Waals surface area contributed by atoms with Gasteiger partial charge in [0.2, 0.25) is 5.91 Å². The third-order valence-corrected chi connectivity index (χ3v) is 5.99. The van der Waals surface area contributed by atoms with Gasteiger partial charge in [-0.25, -0.2) is 0 Å². The molecule has 3 rings (SSSR count). The van der Waals surface area contributed by atoms with E-state index >= 15 is 0 Å². The van der Waals surface area contributed by atoms with Crippen molar-refractivity contribution in [3.63, 3.8) is 0 Å². The molecule has 1 N–H and O–H groups in total. The molecule has 7 heteroatoms. The molecule has 2 aliphatic rings. The highest BCUT2D eigenvalue weighted by Crippen LogP contribution is 2.17. The van der Waals surface area contributed by atoms with Crippen LogP contribution in [0.5, 0.6) is 0 Å². The van der Waals surface area contributed by atoms with Gasteiger partial charge in [0.25, 0.3) is 0 Å². The summed E-state index contributed by atoms with van der Waals surface area (Å²) < 4.78 is 0. The first kappa shape index (κ1) is 22.4. The molecule has 1 aromatic carbocycles. The minimum absolute atomic E-state index is 0.166. The van der Waals surface area contributed by atoms with Crippen LogP contribution in [0.1, 0.15) is 25.8 Å². The van der Waals surface area contributed by atoms with E-state index in [1.165, 1.54) is 11.3 Å². The first-order valence-electron chi connectivity index (χ1n) is 11.4. The molecule has 1 aromatic rings. The van der Waals surface area contributed by atoms with Crippen molar-refractivity contribution in [2.45, 2.75) is 27.2 Å². The van der Waals surface area contributed by atoms with Gasteiger partial charge in [-0.3, -0.25) is 14.7 Å². The molecule has 0 atom stereocenters. The Kier molecular flexibility index (Phi) is 8.37. The highest BCUT2D eigenvalue weighted by Gasteiger charge is 2.21. The fourth-order valence-electron chi connectivity index (χ4n) is 4.19. The van der Waals surface area contributed by atoms with Crippen LogP contribution in [-0.4, -0.2) is 98.6 Å². The number of hydrogen-bond acceptors (Lipinski definition) is 4. The number of carbonyl (C=O) groups excluding carboxylic acids is 1. The van der Waals surface area contributed by atoms with Crippen molar-refractivity contribution in [1.82, 2.24) is 20.0 Å². The minimum Gasteiger partial charge on any atom is -0.369 e. The fourth-order valence-corrected chi connectivity index (χ4v) is 4.19. The van der Waals surface area contributed by atoms with Gasteiger partial charge in [-0.05, 0) is 38.0 Å². The van der Waals surface area contributed by atoms with Crippen molar-refractivity contribution in [2.24, 2.45) is 4.99 Å². The largest absolute Gasteiger partial charge is 0.369 e. The van der Waals surface area contributed by atoms with E-state index in [1.807, 2.05) is 4.90 Å². The zero-order valence-electron chi connectivity index (χ0n) is 18.9. The summed E-state index contributed by atoms with van der Waals surface area (Å²) in [4.78, 5) is 25.6. The SMILES string of the molecule is CCNC(=NCCCN1CCN(c2cccc(C)c2)CC1)N1CCN(C(C)=O)CC1. The molecule has 0 aromatic heterocycles. The number of piperazine rings is 2. The monoisotopic (exact) mass is 414 g/mol. The van der Waals surface area contributed by atoms with Crippen LogP contribution in [0.3, 0.4) is 0 Å². The lowest BCUT2D eigenvalue weighted by atomic mass is 10.2. The van der Waals surface area contributed by atoms with Crippen LogP contribution < -0.4 is 10.2 Å². The van der Waals surface area contributed by atoms with E-state index in [9.17, 15) is 4.79 Å². The molecule has 0 spiro atoms. The van der Waals surface area contributed by atoms with E-state index in [0.717, 1.165) is 84.4 Å². The molecule has 2 heterocycles. The summed E-state index contributed by atoms with van der Waals surface area (Å²) in [6, 6.07) is 8.81. The summed E-state index contributed by atoms with van der Waals surface area (Å²) in [5.74, 6) is 1.16.